The zero-order chi connectivity index (χ0) is 14.5. The van der Waals surface area contributed by atoms with E-state index in [0.29, 0.717) is 0 Å². The Kier molecular flexibility index (Phi) is 4.52. The van der Waals surface area contributed by atoms with Gasteiger partial charge in [0.25, 0.3) is 0 Å². The van der Waals surface area contributed by atoms with Crippen molar-refractivity contribution in [1.82, 2.24) is 0 Å². The number of allylic oxidation sites excluding steroid dienone is 1. The minimum atomic E-state index is 1.12. The Hall–Kier alpha value is -2.15. The second-order valence-corrected chi connectivity index (χ2v) is 5.16. The normalized spacial score (nSPS) is 11.6. The van der Waals surface area contributed by atoms with Gasteiger partial charge in [-0.2, -0.15) is 0 Å². The van der Waals surface area contributed by atoms with Gasteiger partial charge in [0.1, 0.15) is 0 Å². The van der Waals surface area contributed by atoms with Crippen molar-refractivity contribution in [2.24, 2.45) is 4.99 Å². The summed E-state index contributed by atoms with van der Waals surface area (Å²) >= 11 is 0. The van der Waals surface area contributed by atoms with Gasteiger partial charge in [-0.3, -0.25) is 4.99 Å². The average Bonchev–Trinajstić information content (AvgIpc) is 2.39. The van der Waals surface area contributed by atoms with Crippen LogP contribution < -0.4 is 0 Å². The van der Waals surface area contributed by atoms with Gasteiger partial charge in [0.2, 0.25) is 0 Å². The minimum absolute atomic E-state index is 1.12. The Morgan fingerprint density at radius 2 is 1.50 bits per heavy atom. The van der Waals surface area contributed by atoms with Crippen LogP contribution in [0.1, 0.15) is 29.2 Å². The predicted molar refractivity (Wildman–Crippen MR) is 88.5 cm³/mol. The number of benzene rings is 2. The van der Waals surface area contributed by atoms with E-state index in [1.807, 2.05) is 19.2 Å². The Morgan fingerprint density at radius 3 is 2.05 bits per heavy atom. The van der Waals surface area contributed by atoms with Crippen LogP contribution in [-0.4, -0.2) is 6.21 Å². The third-order valence-electron chi connectivity index (χ3n) is 3.34. The number of rotatable bonds is 3. The summed E-state index contributed by atoms with van der Waals surface area (Å²) in [5.41, 5.74) is 7.71. The largest absolute Gasteiger partial charge is 0.264 e. The lowest BCUT2D eigenvalue weighted by molar-refractivity contribution is 1.32. The van der Waals surface area contributed by atoms with Crippen LogP contribution in [0.15, 0.2) is 53.7 Å². The van der Waals surface area contributed by atoms with E-state index in [4.69, 9.17) is 0 Å². The number of nitrogens with zero attached hydrogens (tertiary/aromatic N) is 1. The number of hydrogen-bond donors (Lipinski definition) is 0. The second kappa shape index (κ2) is 6.33. The molecule has 0 unspecified atom stereocenters. The van der Waals surface area contributed by atoms with Crippen LogP contribution in [0, 0.1) is 20.8 Å². The van der Waals surface area contributed by atoms with E-state index >= 15 is 0 Å². The van der Waals surface area contributed by atoms with E-state index in [-0.39, 0.29) is 0 Å². The third-order valence-corrected chi connectivity index (χ3v) is 3.34. The SMILES string of the molecule is C/C=C/N=C/c1ccc(-c2c(C)cc(C)cc2C)cc1. The number of aliphatic imine (C=N–C) groups is 1. The molecule has 0 saturated heterocycles. The molecule has 0 spiro atoms. The summed E-state index contributed by atoms with van der Waals surface area (Å²) in [6, 6.07) is 13.0. The summed E-state index contributed by atoms with van der Waals surface area (Å²) in [5, 5.41) is 0. The molecule has 0 bridgehead atoms. The van der Waals surface area contributed by atoms with Crippen molar-refractivity contribution in [1.29, 1.82) is 0 Å². The lowest BCUT2D eigenvalue weighted by atomic mass is 9.93. The van der Waals surface area contributed by atoms with Crippen molar-refractivity contribution < 1.29 is 0 Å². The van der Waals surface area contributed by atoms with Crippen LogP contribution in [0.2, 0.25) is 0 Å². The second-order valence-electron chi connectivity index (χ2n) is 5.16. The van der Waals surface area contributed by atoms with E-state index in [1.54, 1.807) is 6.20 Å². The van der Waals surface area contributed by atoms with E-state index in [2.05, 4.69) is 62.2 Å². The Balaban J connectivity index is 2.35. The fourth-order valence-corrected chi connectivity index (χ4v) is 2.59. The van der Waals surface area contributed by atoms with Crippen molar-refractivity contribution >= 4 is 6.21 Å². The van der Waals surface area contributed by atoms with Crippen LogP contribution in [0.25, 0.3) is 11.1 Å². The smallest absolute Gasteiger partial charge is 0.0340 e. The summed E-state index contributed by atoms with van der Waals surface area (Å²) in [6.07, 6.45) is 5.59. The Labute approximate surface area is 121 Å². The summed E-state index contributed by atoms with van der Waals surface area (Å²) in [7, 11) is 0. The molecule has 0 aliphatic carbocycles. The molecule has 1 heteroatoms. The highest BCUT2D eigenvalue weighted by atomic mass is 14.7. The zero-order valence-electron chi connectivity index (χ0n) is 12.6. The number of aryl methyl sites for hydroxylation is 3. The van der Waals surface area contributed by atoms with Gasteiger partial charge in [0, 0.05) is 12.4 Å². The van der Waals surface area contributed by atoms with Gasteiger partial charge in [-0.1, -0.05) is 48.0 Å². The molecule has 0 aliphatic rings. The molecule has 20 heavy (non-hydrogen) atoms. The van der Waals surface area contributed by atoms with E-state index in [1.165, 1.54) is 27.8 Å². The summed E-state index contributed by atoms with van der Waals surface area (Å²) in [5.74, 6) is 0. The van der Waals surface area contributed by atoms with Gasteiger partial charge in [0.15, 0.2) is 0 Å². The maximum atomic E-state index is 4.20. The Morgan fingerprint density at radius 1 is 0.900 bits per heavy atom. The van der Waals surface area contributed by atoms with Crippen molar-refractivity contribution in [2.45, 2.75) is 27.7 Å². The van der Waals surface area contributed by atoms with Gasteiger partial charge in [-0.05, 0) is 55.5 Å². The van der Waals surface area contributed by atoms with E-state index < -0.39 is 0 Å². The van der Waals surface area contributed by atoms with Crippen LogP contribution in [0.4, 0.5) is 0 Å². The van der Waals surface area contributed by atoms with Gasteiger partial charge in [-0.15, -0.1) is 0 Å². The van der Waals surface area contributed by atoms with Crippen molar-refractivity contribution in [2.75, 3.05) is 0 Å². The molecule has 0 atom stereocenters. The molecule has 0 saturated carbocycles. The first-order valence-corrected chi connectivity index (χ1v) is 6.94. The molecule has 0 N–H and O–H groups in total. The van der Waals surface area contributed by atoms with Crippen molar-refractivity contribution in [3.63, 3.8) is 0 Å². The summed E-state index contributed by atoms with van der Waals surface area (Å²) < 4.78 is 0. The van der Waals surface area contributed by atoms with Crippen LogP contribution >= 0.6 is 0 Å². The lowest BCUT2D eigenvalue weighted by Gasteiger charge is -2.11. The molecule has 1 nitrogen and oxygen atoms in total. The topological polar surface area (TPSA) is 12.4 Å². The highest BCUT2D eigenvalue weighted by Crippen LogP contribution is 2.28. The van der Waals surface area contributed by atoms with Gasteiger partial charge < -0.3 is 0 Å². The highest BCUT2D eigenvalue weighted by Gasteiger charge is 2.06. The molecular formula is C19H21N. The zero-order valence-corrected chi connectivity index (χ0v) is 12.6. The van der Waals surface area contributed by atoms with Gasteiger partial charge in [-0.25, -0.2) is 0 Å². The molecule has 0 aliphatic heterocycles. The predicted octanol–water partition coefficient (Wildman–Crippen LogP) is 5.23. The first-order valence-electron chi connectivity index (χ1n) is 6.94. The van der Waals surface area contributed by atoms with E-state index in [9.17, 15) is 0 Å². The molecule has 2 aromatic carbocycles. The van der Waals surface area contributed by atoms with Crippen molar-refractivity contribution in [3.8, 4) is 11.1 Å². The average molecular weight is 263 g/mol. The fourth-order valence-electron chi connectivity index (χ4n) is 2.59. The maximum absolute atomic E-state index is 4.20. The minimum Gasteiger partial charge on any atom is -0.264 e. The van der Waals surface area contributed by atoms with E-state index in [0.717, 1.165) is 5.56 Å². The molecular weight excluding hydrogens is 242 g/mol. The first kappa shape index (κ1) is 14.3. The molecule has 2 rings (SSSR count). The maximum Gasteiger partial charge on any atom is 0.0340 e. The van der Waals surface area contributed by atoms with Crippen LogP contribution in [0.3, 0.4) is 0 Å². The Bertz CT molecular complexity index is 623. The molecule has 0 radical (unpaired) electrons. The third kappa shape index (κ3) is 3.24. The molecule has 102 valence electrons. The fraction of sp³-hybridized carbons (Fsp3) is 0.211. The van der Waals surface area contributed by atoms with Gasteiger partial charge in [0.05, 0.1) is 0 Å². The molecule has 0 amide bonds. The standard InChI is InChI=1S/C19H21N/c1-5-10-20-13-17-6-8-18(9-7-17)19-15(3)11-14(2)12-16(19)4/h5-13H,1-4H3/b10-5+,20-13+. The quantitative estimate of drug-likeness (QED) is 0.672. The van der Waals surface area contributed by atoms with Crippen LogP contribution in [-0.2, 0) is 0 Å². The molecule has 2 aromatic rings. The lowest BCUT2D eigenvalue weighted by Crippen LogP contribution is -1.90. The first-order chi connectivity index (χ1) is 9.61. The highest BCUT2D eigenvalue weighted by molar-refractivity contribution is 5.82. The van der Waals surface area contributed by atoms with Gasteiger partial charge >= 0.3 is 0 Å². The molecule has 0 fully saturated rings. The van der Waals surface area contributed by atoms with Crippen molar-refractivity contribution in [3.05, 3.63) is 70.9 Å². The van der Waals surface area contributed by atoms with Crippen LogP contribution in [0.5, 0.6) is 0 Å². The summed E-state index contributed by atoms with van der Waals surface area (Å²) in [4.78, 5) is 4.20. The monoisotopic (exact) mass is 263 g/mol. The summed E-state index contributed by atoms with van der Waals surface area (Å²) in [6.45, 7) is 8.46. The molecule has 0 heterocycles. The number of hydrogen-bond acceptors (Lipinski definition) is 1. The molecule has 0 aromatic heterocycles.